The molecule has 3 aromatic rings. The second-order valence-corrected chi connectivity index (χ2v) is 7.27. The first kappa shape index (κ1) is 19.6. The molecule has 0 aliphatic carbocycles. The molecular formula is C24H19FN2O3. The van der Waals surface area contributed by atoms with Crippen molar-refractivity contribution in [3.63, 3.8) is 0 Å². The van der Waals surface area contributed by atoms with Crippen LogP contribution in [0.2, 0.25) is 0 Å². The Morgan fingerprint density at radius 1 is 1.23 bits per heavy atom. The molecule has 2 heterocycles. The number of ether oxygens (including phenoxy) is 1. The summed E-state index contributed by atoms with van der Waals surface area (Å²) in [4.78, 5) is 15.5. The van der Waals surface area contributed by atoms with Crippen molar-refractivity contribution in [1.29, 1.82) is 5.26 Å². The summed E-state index contributed by atoms with van der Waals surface area (Å²) in [7, 11) is 0. The van der Waals surface area contributed by atoms with Gasteiger partial charge in [-0.15, -0.1) is 0 Å². The van der Waals surface area contributed by atoms with Crippen molar-refractivity contribution in [2.45, 2.75) is 25.2 Å². The average molecular weight is 402 g/mol. The maximum Gasteiger partial charge on any atom is 0.336 e. The van der Waals surface area contributed by atoms with Gasteiger partial charge in [0.1, 0.15) is 17.6 Å². The number of fused-ring (bicyclic) bond motifs is 1. The lowest BCUT2D eigenvalue weighted by atomic mass is 9.86. The molecule has 1 aliphatic rings. The topological polar surface area (TPSA) is 83.2 Å². The normalized spacial score (nSPS) is 15.0. The molecule has 30 heavy (non-hydrogen) atoms. The molecule has 0 fully saturated rings. The fourth-order valence-electron chi connectivity index (χ4n) is 3.89. The number of hydrogen-bond acceptors (Lipinski definition) is 4. The van der Waals surface area contributed by atoms with Crippen LogP contribution in [0, 0.1) is 17.1 Å². The first-order valence-corrected chi connectivity index (χ1v) is 9.69. The monoisotopic (exact) mass is 402 g/mol. The van der Waals surface area contributed by atoms with Gasteiger partial charge in [-0.25, -0.2) is 9.18 Å². The number of benzene rings is 2. The van der Waals surface area contributed by atoms with E-state index in [9.17, 15) is 14.3 Å². The maximum atomic E-state index is 14.0. The Kier molecular flexibility index (Phi) is 5.44. The summed E-state index contributed by atoms with van der Waals surface area (Å²) in [5.74, 6) is -0.489. The number of halogens is 1. The SMILES string of the molecule is N#Cc1ccc(-c2ccc3c(c2)OCC[C@@H]3CCc2cnccc2C(=O)O)cc1F. The van der Waals surface area contributed by atoms with E-state index in [1.807, 2.05) is 24.3 Å². The van der Waals surface area contributed by atoms with Gasteiger partial charge in [0.15, 0.2) is 0 Å². The average Bonchev–Trinajstić information content (AvgIpc) is 2.77. The molecule has 0 saturated carbocycles. The Labute approximate surface area is 173 Å². The van der Waals surface area contributed by atoms with E-state index in [4.69, 9.17) is 10.00 Å². The highest BCUT2D eigenvalue weighted by atomic mass is 19.1. The molecule has 2 aromatic carbocycles. The Balaban J connectivity index is 1.56. The van der Waals surface area contributed by atoms with E-state index >= 15 is 0 Å². The highest BCUT2D eigenvalue weighted by molar-refractivity contribution is 5.89. The number of carboxylic acids is 1. The minimum atomic E-state index is -0.945. The second kappa shape index (κ2) is 8.34. The summed E-state index contributed by atoms with van der Waals surface area (Å²) in [6.45, 7) is 0.571. The zero-order chi connectivity index (χ0) is 21.1. The van der Waals surface area contributed by atoms with Crippen LogP contribution in [-0.4, -0.2) is 22.7 Å². The number of pyridine rings is 1. The summed E-state index contributed by atoms with van der Waals surface area (Å²) in [6.07, 6.45) is 5.35. The third kappa shape index (κ3) is 3.87. The Hall–Kier alpha value is -3.72. The van der Waals surface area contributed by atoms with Crippen LogP contribution in [0.15, 0.2) is 54.9 Å². The summed E-state index contributed by atoms with van der Waals surface area (Å²) in [5.41, 5.74) is 3.60. The minimum Gasteiger partial charge on any atom is -0.493 e. The van der Waals surface area contributed by atoms with Crippen LogP contribution < -0.4 is 4.74 Å². The van der Waals surface area contributed by atoms with Crippen LogP contribution in [0.5, 0.6) is 5.75 Å². The lowest BCUT2D eigenvalue weighted by Gasteiger charge is -2.26. The van der Waals surface area contributed by atoms with Gasteiger partial charge < -0.3 is 9.84 Å². The summed E-state index contributed by atoms with van der Waals surface area (Å²) in [5, 5.41) is 18.3. The van der Waals surface area contributed by atoms with Crippen LogP contribution in [-0.2, 0) is 6.42 Å². The molecule has 4 rings (SSSR count). The van der Waals surface area contributed by atoms with E-state index in [-0.39, 0.29) is 17.0 Å². The van der Waals surface area contributed by atoms with Gasteiger partial charge in [0.2, 0.25) is 0 Å². The molecular weight excluding hydrogens is 383 g/mol. The van der Waals surface area contributed by atoms with E-state index in [0.717, 1.165) is 35.3 Å². The van der Waals surface area contributed by atoms with Gasteiger partial charge in [-0.1, -0.05) is 18.2 Å². The number of aromatic carboxylic acids is 1. The highest BCUT2D eigenvalue weighted by Crippen LogP contribution is 2.39. The van der Waals surface area contributed by atoms with Crippen molar-refractivity contribution in [2.75, 3.05) is 6.61 Å². The van der Waals surface area contributed by atoms with Gasteiger partial charge in [-0.2, -0.15) is 5.26 Å². The molecule has 1 aromatic heterocycles. The molecule has 5 nitrogen and oxygen atoms in total. The van der Waals surface area contributed by atoms with E-state index in [1.54, 1.807) is 12.3 Å². The van der Waals surface area contributed by atoms with Gasteiger partial charge >= 0.3 is 5.97 Å². The van der Waals surface area contributed by atoms with Crippen LogP contribution in [0.3, 0.4) is 0 Å². The number of nitriles is 1. The Morgan fingerprint density at radius 2 is 2.03 bits per heavy atom. The van der Waals surface area contributed by atoms with Crippen molar-refractivity contribution < 1.29 is 19.0 Å². The second-order valence-electron chi connectivity index (χ2n) is 7.27. The van der Waals surface area contributed by atoms with E-state index < -0.39 is 11.8 Å². The third-order valence-electron chi connectivity index (χ3n) is 5.50. The largest absolute Gasteiger partial charge is 0.493 e. The number of hydrogen-bond donors (Lipinski definition) is 1. The van der Waals surface area contributed by atoms with Crippen LogP contribution >= 0.6 is 0 Å². The lowest BCUT2D eigenvalue weighted by molar-refractivity contribution is 0.0695. The summed E-state index contributed by atoms with van der Waals surface area (Å²) < 4.78 is 19.8. The quantitative estimate of drug-likeness (QED) is 0.652. The van der Waals surface area contributed by atoms with E-state index in [2.05, 4.69) is 4.98 Å². The number of carboxylic acid groups (broad SMARTS) is 1. The van der Waals surface area contributed by atoms with Gasteiger partial charge in [-0.3, -0.25) is 4.98 Å². The third-order valence-corrected chi connectivity index (χ3v) is 5.50. The van der Waals surface area contributed by atoms with Crippen LogP contribution in [0.1, 0.15) is 45.8 Å². The number of rotatable bonds is 5. The molecule has 1 aliphatic heterocycles. The molecule has 6 heteroatoms. The van der Waals surface area contributed by atoms with E-state index in [1.165, 1.54) is 24.4 Å². The predicted octanol–water partition coefficient (Wildman–Crippen LogP) is 4.96. The number of carbonyl (C=O) groups is 1. The van der Waals surface area contributed by atoms with Gasteiger partial charge in [0.05, 0.1) is 17.7 Å². The zero-order valence-corrected chi connectivity index (χ0v) is 16.1. The smallest absolute Gasteiger partial charge is 0.336 e. The molecule has 0 unspecified atom stereocenters. The number of nitrogens with zero attached hydrogens (tertiary/aromatic N) is 2. The Morgan fingerprint density at radius 3 is 2.80 bits per heavy atom. The van der Waals surface area contributed by atoms with Crippen molar-refractivity contribution in [3.05, 3.63) is 82.9 Å². The lowest BCUT2D eigenvalue weighted by Crippen LogP contribution is -2.15. The molecule has 0 radical (unpaired) electrons. The molecule has 150 valence electrons. The molecule has 1 atom stereocenters. The summed E-state index contributed by atoms with van der Waals surface area (Å²) >= 11 is 0. The predicted molar refractivity (Wildman–Crippen MR) is 109 cm³/mol. The van der Waals surface area contributed by atoms with E-state index in [0.29, 0.717) is 18.6 Å². The number of aromatic nitrogens is 1. The first-order chi connectivity index (χ1) is 14.6. The van der Waals surface area contributed by atoms with Crippen LogP contribution in [0.25, 0.3) is 11.1 Å². The number of aryl methyl sites for hydroxylation is 1. The van der Waals surface area contributed by atoms with Gasteiger partial charge in [0, 0.05) is 12.4 Å². The fraction of sp³-hybridized carbons (Fsp3) is 0.208. The molecule has 0 bridgehead atoms. The zero-order valence-electron chi connectivity index (χ0n) is 16.1. The minimum absolute atomic E-state index is 0.0177. The van der Waals surface area contributed by atoms with Gasteiger partial charge in [-0.05, 0) is 71.7 Å². The molecule has 0 saturated heterocycles. The molecule has 1 N–H and O–H groups in total. The summed E-state index contributed by atoms with van der Waals surface area (Å²) in [6, 6.07) is 13.7. The standard InChI is InChI=1S/C24H19FN2O3/c25-22-11-16(2-3-18(22)13-26)17-5-6-20-15(8-10-30-23(20)12-17)1-4-19-14-27-9-7-21(19)24(28)29/h2-3,5-7,9,11-12,14-15H,1,4,8,10H2,(H,28,29)/t15-/m0/s1. The molecule has 0 amide bonds. The maximum absolute atomic E-state index is 14.0. The van der Waals surface area contributed by atoms with Crippen molar-refractivity contribution in [3.8, 4) is 22.9 Å². The van der Waals surface area contributed by atoms with Crippen molar-refractivity contribution in [1.82, 2.24) is 4.98 Å². The first-order valence-electron chi connectivity index (χ1n) is 9.69. The Bertz CT molecular complexity index is 1150. The van der Waals surface area contributed by atoms with Crippen molar-refractivity contribution >= 4 is 5.97 Å². The highest BCUT2D eigenvalue weighted by Gasteiger charge is 2.23. The molecule has 0 spiro atoms. The van der Waals surface area contributed by atoms with Crippen LogP contribution in [0.4, 0.5) is 4.39 Å². The van der Waals surface area contributed by atoms with Crippen molar-refractivity contribution in [2.24, 2.45) is 0 Å². The fourth-order valence-corrected chi connectivity index (χ4v) is 3.89. The van der Waals surface area contributed by atoms with Gasteiger partial charge in [0.25, 0.3) is 0 Å².